The van der Waals surface area contributed by atoms with Crippen molar-refractivity contribution in [2.45, 2.75) is 26.4 Å². The number of Topliss-reactive ketones (excluding diaryl/α,β-unsaturated/α-hetero) is 1. The highest BCUT2D eigenvalue weighted by Crippen LogP contribution is 2.07. The van der Waals surface area contributed by atoms with E-state index in [9.17, 15) is 14.0 Å². The molecular weight excluding hydrogens is 237 g/mol. The molecule has 0 atom stereocenters. The van der Waals surface area contributed by atoms with Gasteiger partial charge < -0.3 is 10.1 Å². The van der Waals surface area contributed by atoms with E-state index >= 15 is 0 Å². The van der Waals surface area contributed by atoms with Gasteiger partial charge in [0.05, 0.1) is 6.54 Å². The Bertz CT molecular complexity index is 435. The van der Waals surface area contributed by atoms with Gasteiger partial charge in [-0.05, 0) is 45.0 Å². The minimum Gasteiger partial charge on any atom is -0.444 e. The zero-order chi connectivity index (χ0) is 13.8. The molecule has 0 bridgehead atoms. The number of rotatable bonds is 3. The van der Waals surface area contributed by atoms with Gasteiger partial charge in [-0.15, -0.1) is 0 Å². The third-order valence-corrected chi connectivity index (χ3v) is 1.96. The van der Waals surface area contributed by atoms with Crippen LogP contribution in [0.3, 0.4) is 0 Å². The third-order valence-electron chi connectivity index (χ3n) is 1.96. The van der Waals surface area contributed by atoms with Crippen molar-refractivity contribution in [3.63, 3.8) is 0 Å². The fraction of sp³-hybridized carbons (Fsp3) is 0.385. The fourth-order valence-corrected chi connectivity index (χ4v) is 1.20. The SMILES string of the molecule is CC(C)(C)OC(=O)NCC(=O)c1ccc(F)cc1. The first-order chi connectivity index (χ1) is 8.28. The van der Waals surface area contributed by atoms with Gasteiger partial charge in [0.25, 0.3) is 0 Å². The first-order valence-corrected chi connectivity index (χ1v) is 5.53. The molecule has 1 aromatic rings. The van der Waals surface area contributed by atoms with Crippen LogP contribution < -0.4 is 5.32 Å². The van der Waals surface area contributed by atoms with Crippen molar-refractivity contribution >= 4 is 11.9 Å². The van der Waals surface area contributed by atoms with E-state index in [1.165, 1.54) is 24.3 Å². The van der Waals surface area contributed by atoms with Gasteiger partial charge in [0.2, 0.25) is 0 Å². The summed E-state index contributed by atoms with van der Waals surface area (Å²) in [6, 6.07) is 5.13. The van der Waals surface area contributed by atoms with Crippen LogP contribution in [-0.2, 0) is 4.74 Å². The Hall–Kier alpha value is -1.91. The normalized spacial score (nSPS) is 10.9. The Morgan fingerprint density at radius 3 is 2.28 bits per heavy atom. The molecule has 98 valence electrons. The van der Waals surface area contributed by atoms with Crippen molar-refractivity contribution in [3.05, 3.63) is 35.6 Å². The molecule has 0 radical (unpaired) electrons. The maximum absolute atomic E-state index is 12.6. The van der Waals surface area contributed by atoms with E-state index in [4.69, 9.17) is 4.74 Å². The number of hydrogen-bond acceptors (Lipinski definition) is 3. The van der Waals surface area contributed by atoms with Gasteiger partial charge in [0.1, 0.15) is 11.4 Å². The topological polar surface area (TPSA) is 55.4 Å². The Balaban J connectivity index is 2.47. The quantitative estimate of drug-likeness (QED) is 0.842. The van der Waals surface area contributed by atoms with Crippen LogP contribution >= 0.6 is 0 Å². The molecule has 1 aromatic carbocycles. The van der Waals surface area contributed by atoms with Crippen LogP contribution in [0, 0.1) is 5.82 Å². The van der Waals surface area contributed by atoms with Gasteiger partial charge in [-0.1, -0.05) is 0 Å². The van der Waals surface area contributed by atoms with Crippen LogP contribution in [0.1, 0.15) is 31.1 Å². The molecule has 18 heavy (non-hydrogen) atoms. The zero-order valence-electron chi connectivity index (χ0n) is 10.6. The molecule has 5 heteroatoms. The molecule has 0 heterocycles. The molecule has 0 saturated carbocycles. The van der Waals surface area contributed by atoms with Gasteiger partial charge >= 0.3 is 6.09 Å². The first kappa shape index (κ1) is 14.2. The van der Waals surface area contributed by atoms with Crippen LogP contribution in [0.4, 0.5) is 9.18 Å². The summed E-state index contributed by atoms with van der Waals surface area (Å²) in [6.45, 7) is 5.01. The molecule has 0 spiro atoms. The van der Waals surface area contributed by atoms with E-state index in [0.29, 0.717) is 5.56 Å². The lowest BCUT2D eigenvalue weighted by Crippen LogP contribution is -2.35. The van der Waals surface area contributed by atoms with Gasteiger partial charge in [0.15, 0.2) is 5.78 Å². The van der Waals surface area contributed by atoms with E-state index < -0.39 is 17.5 Å². The smallest absolute Gasteiger partial charge is 0.408 e. The number of alkyl carbamates (subject to hydrolysis) is 1. The van der Waals surface area contributed by atoms with Crippen molar-refractivity contribution in [2.24, 2.45) is 0 Å². The molecule has 1 rings (SSSR count). The van der Waals surface area contributed by atoms with E-state index in [0.717, 1.165) is 0 Å². The highest BCUT2D eigenvalue weighted by molar-refractivity contribution is 5.98. The number of benzene rings is 1. The molecule has 0 aliphatic rings. The molecule has 0 fully saturated rings. The second-order valence-corrected chi connectivity index (χ2v) is 4.79. The Kier molecular flexibility index (Phi) is 4.42. The number of hydrogen-bond donors (Lipinski definition) is 1. The predicted molar refractivity (Wildman–Crippen MR) is 65.0 cm³/mol. The lowest BCUT2D eigenvalue weighted by molar-refractivity contribution is 0.0520. The number of nitrogens with one attached hydrogen (secondary N) is 1. The summed E-state index contributed by atoms with van der Waals surface area (Å²) in [5.74, 6) is -0.715. The predicted octanol–water partition coefficient (Wildman–Crippen LogP) is 2.53. The van der Waals surface area contributed by atoms with Crippen molar-refractivity contribution in [1.29, 1.82) is 0 Å². The molecule has 0 saturated heterocycles. The van der Waals surface area contributed by atoms with E-state index in [2.05, 4.69) is 5.32 Å². The van der Waals surface area contributed by atoms with Crippen LogP contribution in [0.25, 0.3) is 0 Å². The molecule has 0 aliphatic heterocycles. The average Bonchev–Trinajstić information content (AvgIpc) is 2.24. The standard InChI is InChI=1S/C13H16FNO3/c1-13(2,3)18-12(17)15-8-11(16)9-4-6-10(14)7-5-9/h4-7H,8H2,1-3H3,(H,15,17). The molecule has 4 nitrogen and oxygen atoms in total. The highest BCUT2D eigenvalue weighted by Gasteiger charge is 2.16. The van der Waals surface area contributed by atoms with Crippen molar-refractivity contribution < 1.29 is 18.7 Å². The number of ether oxygens (including phenoxy) is 1. The summed E-state index contributed by atoms with van der Waals surface area (Å²) >= 11 is 0. The first-order valence-electron chi connectivity index (χ1n) is 5.53. The Morgan fingerprint density at radius 2 is 1.78 bits per heavy atom. The van der Waals surface area contributed by atoms with Crippen LogP contribution in [-0.4, -0.2) is 24.0 Å². The lowest BCUT2D eigenvalue weighted by Gasteiger charge is -2.19. The second-order valence-electron chi connectivity index (χ2n) is 4.79. The largest absolute Gasteiger partial charge is 0.444 e. The van der Waals surface area contributed by atoms with Crippen molar-refractivity contribution in [2.75, 3.05) is 6.54 Å². The minimum atomic E-state index is -0.655. The van der Waals surface area contributed by atoms with Gasteiger partial charge in [-0.2, -0.15) is 0 Å². The van der Waals surface area contributed by atoms with Gasteiger partial charge in [0, 0.05) is 5.56 Å². The van der Waals surface area contributed by atoms with Crippen LogP contribution in [0.15, 0.2) is 24.3 Å². The number of halogens is 1. The molecule has 1 amide bonds. The lowest BCUT2D eigenvalue weighted by atomic mass is 10.1. The molecular formula is C13H16FNO3. The summed E-state index contributed by atoms with van der Waals surface area (Å²) in [6.07, 6.45) is -0.655. The van der Waals surface area contributed by atoms with E-state index in [1.54, 1.807) is 20.8 Å². The van der Waals surface area contributed by atoms with Gasteiger partial charge in [-0.25, -0.2) is 9.18 Å². The molecule has 0 aromatic heterocycles. The number of carbonyl (C=O) groups is 2. The Labute approximate surface area is 105 Å². The molecule has 1 N–H and O–H groups in total. The molecule has 0 aliphatic carbocycles. The van der Waals surface area contributed by atoms with Gasteiger partial charge in [-0.3, -0.25) is 4.79 Å². The monoisotopic (exact) mass is 253 g/mol. The second kappa shape index (κ2) is 5.62. The zero-order valence-corrected chi connectivity index (χ0v) is 10.6. The number of ketones is 1. The summed E-state index contributed by atoms with van der Waals surface area (Å²) in [5, 5.41) is 2.35. The van der Waals surface area contributed by atoms with Crippen LogP contribution in [0.2, 0.25) is 0 Å². The maximum atomic E-state index is 12.6. The molecule has 0 unspecified atom stereocenters. The third kappa shape index (κ3) is 4.95. The van der Waals surface area contributed by atoms with Crippen molar-refractivity contribution in [3.8, 4) is 0 Å². The maximum Gasteiger partial charge on any atom is 0.408 e. The number of carbonyl (C=O) groups excluding carboxylic acids is 2. The van der Waals surface area contributed by atoms with Crippen LogP contribution in [0.5, 0.6) is 0 Å². The summed E-state index contributed by atoms with van der Waals surface area (Å²) in [7, 11) is 0. The van der Waals surface area contributed by atoms with E-state index in [-0.39, 0.29) is 12.3 Å². The summed E-state index contributed by atoms with van der Waals surface area (Å²) in [4.78, 5) is 22.9. The minimum absolute atomic E-state index is 0.180. The number of amides is 1. The summed E-state index contributed by atoms with van der Waals surface area (Å²) < 4.78 is 17.6. The average molecular weight is 253 g/mol. The summed E-state index contributed by atoms with van der Waals surface area (Å²) in [5.41, 5.74) is -0.268. The highest BCUT2D eigenvalue weighted by atomic mass is 19.1. The fourth-order valence-electron chi connectivity index (χ4n) is 1.20. The Morgan fingerprint density at radius 1 is 1.22 bits per heavy atom. The van der Waals surface area contributed by atoms with E-state index in [1.807, 2.05) is 0 Å². The van der Waals surface area contributed by atoms with Crippen molar-refractivity contribution in [1.82, 2.24) is 5.32 Å².